The van der Waals surface area contributed by atoms with E-state index in [1.165, 1.54) is 26.8 Å². The lowest BCUT2D eigenvalue weighted by Crippen LogP contribution is -3.14. The minimum Gasteiger partial charge on any atom is -0.872 e. The molecule has 0 saturated carbocycles. The molecule has 6 rings (SSSR count). The van der Waals surface area contributed by atoms with Crippen LogP contribution in [0.3, 0.4) is 0 Å². The number of hydrogen-bond donors (Lipinski definition) is 1. The molecule has 2 aromatic rings. The third kappa shape index (κ3) is 3.58. The maximum absolute atomic E-state index is 14.1. The number of likely N-dealkylation sites (tertiary alicyclic amines) is 1. The molecule has 4 aliphatic rings. The van der Waals surface area contributed by atoms with E-state index in [9.17, 15) is 19.5 Å². The Hall–Kier alpha value is -3.89. The van der Waals surface area contributed by atoms with E-state index < -0.39 is 28.9 Å². The summed E-state index contributed by atoms with van der Waals surface area (Å²) in [6.45, 7) is 4.74. The molecule has 0 aliphatic carbocycles. The average Bonchev–Trinajstić information content (AvgIpc) is 3.31. The van der Waals surface area contributed by atoms with Crippen molar-refractivity contribution in [2.45, 2.75) is 12.0 Å². The van der Waals surface area contributed by atoms with Crippen LogP contribution in [0.5, 0.6) is 11.5 Å². The summed E-state index contributed by atoms with van der Waals surface area (Å²) < 4.78 is 16.6. The molecule has 4 aliphatic heterocycles. The predicted octanol–water partition coefficient (Wildman–Crippen LogP) is -0.882. The summed E-state index contributed by atoms with van der Waals surface area (Å²) in [5.74, 6) is -2.05. The van der Waals surface area contributed by atoms with Crippen molar-refractivity contribution in [2.24, 2.45) is 0 Å². The Bertz CT molecular complexity index is 1350. The molecule has 198 valence electrons. The van der Waals surface area contributed by atoms with Gasteiger partial charge in [-0.15, -0.1) is 0 Å². The molecule has 1 spiro atoms. The fraction of sp³-hybridized carbons (Fsp3) is 0.393. The zero-order chi connectivity index (χ0) is 26.4. The van der Waals surface area contributed by atoms with E-state index >= 15 is 0 Å². The molecule has 2 amide bonds. The Kier molecular flexibility index (Phi) is 6.08. The fourth-order valence-corrected chi connectivity index (χ4v) is 5.99. The van der Waals surface area contributed by atoms with E-state index in [4.69, 9.17) is 14.2 Å². The third-order valence-electron chi connectivity index (χ3n) is 7.85. The van der Waals surface area contributed by atoms with Gasteiger partial charge in [0.1, 0.15) is 26.3 Å². The van der Waals surface area contributed by atoms with Crippen LogP contribution in [0.25, 0.3) is 5.76 Å². The number of hydrogen-bond acceptors (Lipinski definition) is 7. The average molecular weight is 520 g/mol. The minimum atomic E-state index is -1.82. The number of Topliss-reactive ketones (excluding diaryl/α,β-unsaturated/α-hetero) is 1. The number of likely N-dealkylation sites (N-methyl/N-ethyl adjacent to an activating group) is 1. The van der Waals surface area contributed by atoms with Gasteiger partial charge >= 0.3 is 0 Å². The first-order valence-corrected chi connectivity index (χ1v) is 12.9. The summed E-state index contributed by atoms with van der Waals surface area (Å²) in [5, 5.41) is 14.1. The molecule has 1 N–H and O–H groups in total. The van der Waals surface area contributed by atoms with E-state index in [0.717, 1.165) is 19.6 Å². The van der Waals surface area contributed by atoms with E-state index in [2.05, 4.69) is 0 Å². The molecule has 2 fully saturated rings. The maximum Gasteiger partial charge on any atom is 0.296 e. The van der Waals surface area contributed by atoms with E-state index in [-0.39, 0.29) is 17.7 Å². The Morgan fingerprint density at radius 3 is 2.53 bits per heavy atom. The van der Waals surface area contributed by atoms with Crippen LogP contribution in [0.15, 0.2) is 48.0 Å². The number of nitrogens with zero attached hydrogens (tertiary/aromatic N) is 2. The van der Waals surface area contributed by atoms with Crippen molar-refractivity contribution < 1.29 is 38.6 Å². The first-order chi connectivity index (χ1) is 18.4. The summed E-state index contributed by atoms with van der Waals surface area (Å²) in [4.78, 5) is 45.3. The Morgan fingerprint density at radius 1 is 1.00 bits per heavy atom. The van der Waals surface area contributed by atoms with Crippen LogP contribution in [-0.4, -0.2) is 82.2 Å². The van der Waals surface area contributed by atoms with Crippen molar-refractivity contribution in [3.05, 3.63) is 59.2 Å². The molecule has 38 heavy (non-hydrogen) atoms. The molecule has 0 radical (unpaired) electrons. The summed E-state index contributed by atoms with van der Waals surface area (Å²) >= 11 is 0. The fourth-order valence-electron chi connectivity index (χ4n) is 5.99. The van der Waals surface area contributed by atoms with Crippen molar-refractivity contribution >= 4 is 29.0 Å². The van der Waals surface area contributed by atoms with Crippen LogP contribution in [0.2, 0.25) is 0 Å². The molecule has 10 nitrogen and oxygen atoms in total. The number of rotatable bonds is 5. The van der Waals surface area contributed by atoms with Crippen molar-refractivity contribution in [3.8, 4) is 11.5 Å². The van der Waals surface area contributed by atoms with Crippen molar-refractivity contribution in [1.29, 1.82) is 0 Å². The number of anilines is 1. The second kappa shape index (κ2) is 9.45. The first kappa shape index (κ1) is 24.4. The highest BCUT2D eigenvalue weighted by molar-refractivity contribution is 6.49. The highest BCUT2D eigenvalue weighted by Crippen LogP contribution is 2.53. The zero-order valence-corrected chi connectivity index (χ0v) is 21.2. The number of benzene rings is 2. The molecular weight excluding hydrogens is 490 g/mol. The molecule has 2 aromatic carbocycles. The van der Waals surface area contributed by atoms with Crippen molar-refractivity contribution in [2.75, 3.05) is 64.6 Å². The number of para-hydroxylation sites is 1. The summed E-state index contributed by atoms with van der Waals surface area (Å²) in [7, 11) is 1.60. The largest absolute Gasteiger partial charge is 0.872 e. The van der Waals surface area contributed by atoms with Crippen LogP contribution in [0.4, 0.5) is 5.69 Å². The Balaban J connectivity index is 1.47. The lowest BCUT2D eigenvalue weighted by atomic mass is 9.81. The van der Waals surface area contributed by atoms with Crippen molar-refractivity contribution in [1.82, 2.24) is 4.90 Å². The number of fused-ring (bicyclic) bond motifs is 3. The number of ether oxygens (including phenoxy) is 3. The van der Waals surface area contributed by atoms with Crippen LogP contribution in [0.1, 0.15) is 17.5 Å². The summed E-state index contributed by atoms with van der Waals surface area (Å²) in [6, 6.07) is 11.7. The molecule has 1 unspecified atom stereocenters. The Labute approximate surface area is 220 Å². The molecule has 10 heteroatoms. The highest BCUT2D eigenvalue weighted by Gasteiger charge is 2.65. The molecule has 1 atom stereocenters. The van der Waals surface area contributed by atoms with Crippen LogP contribution >= 0.6 is 0 Å². The third-order valence-corrected chi connectivity index (χ3v) is 7.85. The zero-order valence-electron chi connectivity index (χ0n) is 21.2. The monoisotopic (exact) mass is 519 g/mol. The number of amides is 2. The van der Waals surface area contributed by atoms with Gasteiger partial charge in [0.15, 0.2) is 17.0 Å². The first-order valence-electron chi connectivity index (χ1n) is 12.9. The van der Waals surface area contributed by atoms with Gasteiger partial charge in [0, 0.05) is 36.8 Å². The van der Waals surface area contributed by atoms with Gasteiger partial charge in [-0.1, -0.05) is 30.0 Å². The number of nitrogens with one attached hydrogen (secondary N) is 1. The second-order valence-electron chi connectivity index (χ2n) is 9.91. The number of ketones is 1. The normalized spacial score (nSPS) is 24.4. The van der Waals surface area contributed by atoms with Gasteiger partial charge in [0.2, 0.25) is 5.78 Å². The van der Waals surface area contributed by atoms with Crippen molar-refractivity contribution in [3.63, 3.8) is 0 Å². The lowest BCUT2D eigenvalue weighted by molar-refractivity contribution is -0.908. The number of carbonyl (C=O) groups excluding carboxylic acids is 3. The number of quaternary nitrogens is 1. The second-order valence-corrected chi connectivity index (χ2v) is 9.91. The Morgan fingerprint density at radius 2 is 1.74 bits per heavy atom. The molecule has 0 bridgehead atoms. The van der Waals surface area contributed by atoms with Crippen LogP contribution in [-0.2, 0) is 24.7 Å². The van der Waals surface area contributed by atoms with Gasteiger partial charge in [0.25, 0.3) is 11.8 Å². The molecular formula is C28H29N3O7. The van der Waals surface area contributed by atoms with Crippen LogP contribution in [0, 0.1) is 0 Å². The van der Waals surface area contributed by atoms with Gasteiger partial charge in [-0.3, -0.25) is 14.4 Å². The van der Waals surface area contributed by atoms with Gasteiger partial charge in [-0.25, -0.2) is 0 Å². The molecule has 2 saturated heterocycles. The van der Waals surface area contributed by atoms with Crippen LogP contribution < -0.4 is 24.4 Å². The standard InChI is InChI=1S/C28H29N3O7/c1-29-20-6-3-2-5-19(20)28(27(29)35)23(24(32)18-7-8-21-22(17-18)38-16-15-37-21)25(33)26(34)31(28)10-4-9-30-11-13-36-14-12-30/h2-3,5-8,17,32H,4,9-16H2,1H3. The molecule has 4 heterocycles. The van der Waals surface area contributed by atoms with Gasteiger partial charge in [-0.05, 0) is 23.8 Å². The van der Waals surface area contributed by atoms with Gasteiger partial charge in [0.05, 0.1) is 19.8 Å². The topological polar surface area (TPSA) is 113 Å². The lowest BCUT2D eigenvalue weighted by Gasteiger charge is -2.36. The summed E-state index contributed by atoms with van der Waals surface area (Å²) in [5.41, 5.74) is -0.962. The van der Waals surface area contributed by atoms with Gasteiger partial charge in [-0.2, -0.15) is 0 Å². The van der Waals surface area contributed by atoms with Gasteiger partial charge < -0.3 is 34.0 Å². The number of carbonyl (C=O) groups is 3. The predicted molar refractivity (Wildman–Crippen MR) is 134 cm³/mol. The van der Waals surface area contributed by atoms with E-state index in [1.54, 1.807) is 37.4 Å². The minimum absolute atomic E-state index is 0.157. The summed E-state index contributed by atoms with van der Waals surface area (Å²) in [6.07, 6.45) is 0.570. The van der Waals surface area contributed by atoms with E-state index in [0.29, 0.717) is 55.6 Å². The SMILES string of the molecule is CN1C(=O)C2(C(=C([O-])c3ccc4c(c3)OCCO4)C(=O)C(=O)N2CCC[NH+]2CCOCC2)c2ccccc21. The molecule has 0 aromatic heterocycles. The smallest absolute Gasteiger partial charge is 0.296 e. The number of morpholine rings is 1. The van der Waals surface area contributed by atoms with E-state index in [1.807, 2.05) is 0 Å². The quantitative estimate of drug-likeness (QED) is 0.310. The maximum atomic E-state index is 14.1. The highest BCUT2D eigenvalue weighted by atomic mass is 16.6.